The van der Waals surface area contributed by atoms with E-state index in [4.69, 9.17) is 5.26 Å². The summed E-state index contributed by atoms with van der Waals surface area (Å²) in [5, 5.41) is 11.8. The third-order valence-electron chi connectivity index (χ3n) is 5.51. The maximum atomic E-state index is 13.8. The molecule has 3 rings (SSSR count). The third-order valence-corrected chi connectivity index (χ3v) is 5.51. The molecule has 0 radical (unpaired) electrons. The van der Waals surface area contributed by atoms with Crippen LogP contribution in [0.5, 0.6) is 0 Å². The summed E-state index contributed by atoms with van der Waals surface area (Å²) in [7, 11) is 1.79. The molecule has 6 heteroatoms. The van der Waals surface area contributed by atoms with E-state index >= 15 is 0 Å². The number of amides is 2. The van der Waals surface area contributed by atoms with E-state index < -0.39 is 5.82 Å². The van der Waals surface area contributed by atoms with Crippen LogP contribution < -0.4 is 5.32 Å². The summed E-state index contributed by atoms with van der Waals surface area (Å²) in [6.07, 6.45) is 2.96. The van der Waals surface area contributed by atoms with E-state index in [2.05, 4.69) is 5.32 Å². The molecular formula is C23H24FN3O2. The lowest BCUT2D eigenvalue weighted by atomic mass is 10.0. The molecule has 0 aliphatic heterocycles. The molecule has 150 valence electrons. The second-order valence-corrected chi connectivity index (χ2v) is 7.38. The van der Waals surface area contributed by atoms with Gasteiger partial charge in [-0.05, 0) is 54.7 Å². The van der Waals surface area contributed by atoms with E-state index in [1.165, 1.54) is 12.1 Å². The third kappa shape index (κ3) is 4.62. The van der Waals surface area contributed by atoms with Crippen molar-refractivity contribution in [3.05, 3.63) is 59.4 Å². The van der Waals surface area contributed by atoms with Gasteiger partial charge in [0.05, 0.1) is 5.56 Å². The minimum absolute atomic E-state index is 0.00664. The standard InChI is InChI=1S/C23H24FN3O2/c1-3-22(28)26-19-10-11-20(13-19)27(2)23(29)16-6-4-15(5-7-16)17-8-9-18(14-25)21(24)12-17/h4-9,12,19-20H,3,10-11,13H2,1-2H3,(H,26,28)/t19-,20+/m0/s1. The van der Waals surface area contributed by atoms with Crippen molar-refractivity contribution >= 4 is 11.8 Å². The Balaban J connectivity index is 1.67. The highest BCUT2D eigenvalue weighted by atomic mass is 19.1. The number of carbonyl (C=O) groups excluding carboxylic acids is 2. The van der Waals surface area contributed by atoms with E-state index in [1.807, 2.05) is 6.92 Å². The molecule has 2 aromatic carbocycles. The van der Waals surface area contributed by atoms with Gasteiger partial charge in [-0.15, -0.1) is 0 Å². The number of carbonyl (C=O) groups is 2. The minimum atomic E-state index is -0.559. The van der Waals surface area contributed by atoms with Crippen molar-refractivity contribution in [1.29, 1.82) is 5.26 Å². The van der Waals surface area contributed by atoms with Gasteiger partial charge in [0.25, 0.3) is 5.91 Å². The lowest BCUT2D eigenvalue weighted by Crippen LogP contribution is -2.38. The molecule has 2 amide bonds. The number of nitrogens with zero attached hydrogens (tertiary/aromatic N) is 2. The summed E-state index contributed by atoms with van der Waals surface area (Å²) >= 11 is 0. The number of nitrogens with one attached hydrogen (secondary N) is 1. The zero-order chi connectivity index (χ0) is 21.0. The smallest absolute Gasteiger partial charge is 0.253 e. The predicted molar refractivity (Wildman–Crippen MR) is 109 cm³/mol. The average Bonchev–Trinajstić information content (AvgIpc) is 3.21. The van der Waals surface area contributed by atoms with Gasteiger partial charge in [-0.2, -0.15) is 5.26 Å². The molecule has 0 aromatic heterocycles. The molecule has 1 fully saturated rings. The largest absolute Gasteiger partial charge is 0.353 e. The first kappa shape index (κ1) is 20.5. The highest BCUT2D eigenvalue weighted by molar-refractivity contribution is 5.94. The number of nitriles is 1. The van der Waals surface area contributed by atoms with Crippen molar-refractivity contribution in [2.45, 2.75) is 44.7 Å². The number of halogens is 1. The zero-order valence-corrected chi connectivity index (χ0v) is 16.6. The fraction of sp³-hybridized carbons (Fsp3) is 0.348. The monoisotopic (exact) mass is 393 g/mol. The van der Waals surface area contributed by atoms with E-state index in [1.54, 1.807) is 48.3 Å². The van der Waals surface area contributed by atoms with Crippen molar-refractivity contribution in [1.82, 2.24) is 10.2 Å². The van der Waals surface area contributed by atoms with Crippen LogP contribution in [0.3, 0.4) is 0 Å². The molecule has 1 aliphatic carbocycles. The Morgan fingerprint density at radius 1 is 1.17 bits per heavy atom. The maximum Gasteiger partial charge on any atom is 0.253 e. The molecule has 5 nitrogen and oxygen atoms in total. The van der Waals surface area contributed by atoms with Crippen molar-refractivity contribution in [2.24, 2.45) is 0 Å². The van der Waals surface area contributed by atoms with Crippen molar-refractivity contribution in [3.8, 4) is 17.2 Å². The first-order chi connectivity index (χ1) is 13.9. The SMILES string of the molecule is CCC(=O)N[C@H]1CC[C@@H](N(C)C(=O)c2ccc(-c3ccc(C#N)c(F)c3)cc2)C1. The normalized spacial score (nSPS) is 18.1. The molecule has 2 atom stereocenters. The zero-order valence-electron chi connectivity index (χ0n) is 16.6. The molecular weight excluding hydrogens is 369 g/mol. The predicted octanol–water partition coefficient (Wildman–Crippen LogP) is 3.88. The van der Waals surface area contributed by atoms with Crippen molar-refractivity contribution in [2.75, 3.05) is 7.05 Å². The molecule has 2 aromatic rings. The van der Waals surface area contributed by atoms with Crippen LogP contribution in [0.25, 0.3) is 11.1 Å². The first-order valence-electron chi connectivity index (χ1n) is 9.79. The Labute approximate surface area is 170 Å². The number of rotatable bonds is 5. The van der Waals surface area contributed by atoms with E-state index in [0.29, 0.717) is 17.5 Å². The van der Waals surface area contributed by atoms with Crippen LogP contribution in [0.1, 0.15) is 48.5 Å². The molecule has 1 saturated carbocycles. The van der Waals surface area contributed by atoms with Crippen LogP contribution in [0.4, 0.5) is 4.39 Å². The van der Waals surface area contributed by atoms with Gasteiger partial charge in [-0.1, -0.05) is 25.1 Å². The van der Waals surface area contributed by atoms with Crippen LogP contribution >= 0.6 is 0 Å². The summed E-state index contributed by atoms with van der Waals surface area (Å²) in [4.78, 5) is 26.2. The Kier molecular flexibility index (Phi) is 6.28. The summed E-state index contributed by atoms with van der Waals surface area (Å²) < 4.78 is 13.8. The number of hydrogen-bond acceptors (Lipinski definition) is 3. The molecule has 0 spiro atoms. The quantitative estimate of drug-likeness (QED) is 0.838. The van der Waals surface area contributed by atoms with Gasteiger partial charge >= 0.3 is 0 Å². The average molecular weight is 393 g/mol. The lowest BCUT2D eigenvalue weighted by Gasteiger charge is -2.25. The van der Waals surface area contributed by atoms with Crippen LogP contribution in [-0.2, 0) is 4.79 Å². The second-order valence-electron chi connectivity index (χ2n) is 7.38. The number of hydrogen-bond donors (Lipinski definition) is 1. The minimum Gasteiger partial charge on any atom is -0.353 e. The van der Waals surface area contributed by atoms with Gasteiger partial charge in [-0.3, -0.25) is 9.59 Å². The van der Waals surface area contributed by atoms with Gasteiger partial charge in [0, 0.05) is 31.1 Å². The summed E-state index contributed by atoms with van der Waals surface area (Å²) in [6, 6.07) is 13.5. The highest BCUT2D eigenvalue weighted by Gasteiger charge is 2.30. The Morgan fingerprint density at radius 2 is 1.86 bits per heavy atom. The Hall–Kier alpha value is -3.20. The van der Waals surface area contributed by atoms with E-state index in [9.17, 15) is 14.0 Å². The molecule has 0 unspecified atom stereocenters. The lowest BCUT2D eigenvalue weighted by molar-refractivity contribution is -0.121. The van der Waals surface area contributed by atoms with Gasteiger partial charge in [0.15, 0.2) is 0 Å². The molecule has 0 heterocycles. The fourth-order valence-electron chi connectivity index (χ4n) is 3.73. The van der Waals surface area contributed by atoms with E-state index in [0.717, 1.165) is 24.8 Å². The van der Waals surface area contributed by atoms with Crippen LogP contribution in [-0.4, -0.2) is 35.8 Å². The highest BCUT2D eigenvalue weighted by Crippen LogP contribution is 2.26. The Bertz CT molecular complexity index is 950. The van der Waals surface area contributed by atoms with Crippen LogP contribution in [0.15, 0.2) is 42.5 Å². The Morgan fingerprint density at radius 3 is 2.48 bits per heavy atom. The van der Waals surface area contributed by atoms with Crippen LogP contribution in [0.2, 0.25) is 0 Å². The van der Waals surface area contributed by atoms with Gasteiger partial charge in [0.2, 0.25) is 5.91 Å². The number of benzene rings is 2. The van der Waals surface area contributed by atoms with Gasteiger partial charge in [-0.25, -0.2) is 4.39 Å². The van der Waals surface area contributed by atoms with Gasteiger partial charge in [0.1, 0.15) is 11.9 Å². The summed E-state index contributed by atoms with van der Waals surface area (Å²) in [5.41, 5.74) is 1.99. The van der Waals surface area contributed by atoms with E-state index in [-0.39, 0.29) is 29.5 Å². The maximum absolute atomic E-state index is 13.8. The first-order valence-corrected chi connectivity index (χ1v) is 9.79. The van der Waals surface area contributed by atoms with Gasteiger partial charge < -0.3 is 10.2 Å². The van der Waals surface area contributed by atoms with Crippen molar-refractivity contribution in [3.63, 3.8) is 0 Å². The van der Waals surface area contributed by atoms with Crippen molar-refractivity contribution < 1.29 is 14.0 Å². The summed E-state index contributed by atoms with van der Waals surface area (Å²) in [5.74, 6) is -0.592. The molecule has 0 saturated heterocycles. The fourth-order valence-corrected chi connectivity index (χ4v) is 3.73. The molecule has 0 bridgehead atoms. The molecule has 29 heavy (non-hydrogen) atoms. The topological polar surface area (TPSA) is 73.2 Å². The molecule has 1 aliphatic rings. The second kappa shape index (κ2) is 8.87. The molecule has 1 N–H and O–H groups in total. The summed E-state index contributed by atoms with van der Waals surface area (Å²) in [6.45, 7) is 1.83. The van der Waals surface area contributed by atoms with Crippen LogP contribution in [0, 0.1) is 17.1 Å².